The van der Waals surface area contributed by atoms with E-state index in [4.69, 9.17) is 21.5 Å². The summed E-state index contributed by atoms with van der Waals surface area (Å²) in [5, 5.41) is 17.2. The second kappa shape index (κ2) is 9.68. The number of halogens is 1. The van der Waals surface area contributed by atoms with Gasteiger partial charge in [0.2, 0.25) is 0 Å². The number of carboxylic acid groups (broad SMARTS) is 1. The molecule has 0 spiro atoms. The zero-order valence-electron chi connectivity index (χ0n) is 12.5. The summed E-state index contributed by atoms with van der Waals surface area (Å²) in [6, 6.07) is 0. The minimum atomic E-state index is -0.495. The van der Waals surface area contributed by atoms with E-state index in [-0.39, 0.29) is 6.47 Å². The highest BCUT2D eigenvalue weighted by Gasteiger charge is 2.14. The molecule has 6 nitrogen and oxygen atoms in total. The predicted octanol–water partition coefficient (Wildman–Crippen LogP) is 2.73. The lowest BCUT2D eigenvalue weighted by atomic mass is 10.3. The van der Waals surface area contributed by atoms with Gasteiger partial charge >= 0.3 is 0 Å². The molecule has 122 valence electrons. The smallest absolute Gasteiger partial charge is 0.290 e. The van der Waals surface area contributed by atoms with E-state index in [2.05, 4.69) is 20.3 Å². The third-order valence-corrected chi connectivity index (χ3v) is 4.08. The molecule has 1 aromatic heterocycles. The third kappa shape index (κ3) is 5.49. The van der Waals surface area contributed by atoms with Crippen molar-refractivity contribution in [2.45, 2.75) is 39.5 Å². The van der Waals surface area contributed by atoms with Gasteiger partial charge in [-0.1, -0.05) is 24.9 Å². The van der Waals surface area contributed by atoms with E-state index >= 15 is 0 Å². The van der Waals surface area contributed by atoms with Gasteiger partial charge in [-0.15, -0.1) is 0 Å². The summed E-state index contributed by atoms with van der Waals surface area (Å²) in [4.78, 5) is 13.7. The van der Waals surface area contributed by atoms with Crippen LogP contribution in [0.2, 0.25) is 0 Å². The van der Waals surface area contributed by atoms with Crippen molar-refractivity contribution in [2.75, 3.05) is 0 Å². The van der Waals surface area contributed by atoms with Crippen LogP contribution in [-0.4, -0.2) is 32.5 Å². The van der Waals surface area contributed by atoms with E-state index in [0.29, 0.717) is 5.03 Å². The van der Waals surface area contributed by atoms with Crippen molar-refractivity contribution in [3.63, 3.8) is 0 Å². The first-order valence-electron chi connectivity index (χ1n) is 6.81. The Bertz CT molecular complexity index is 558. The maximum Gasteiger partial charge on any atom is 0.290 e. The lowest BCUT2D eigenvalue weighted by molar-refractivity contribution is -0.122. The van der Waals surface area contributed by atoms with Crippen LogP contribution in [0.25, 0.3) is 5.03 Å². The number of hydrogen-bond acceptors (Lipinski definition) is 5. The third-order valence-electron chi connectivity index (χ3n) is 2.89. The van der Waals surface area contributed by atoms with Gasteiger partial charge in [-0.3, -0.25) is 4.79 Å². The Morgan fingerprint density at radius 2 is 2.32 bits per heavy atom. The lowest BCUT2D eigenvalue weighted by Crippen LogP contribution is -2.21. The van der Waals surface area contributed by atoms with Gasteiger partial charge < -0.3 is 14.8 Å². The standard InChI is InChI=1S/C13H18ClN3OS.CH2O2/c1-3-4-12(18)16-19-10-5-6-17-9(2)8-15-13(17)11(14)7-10;2-1-3/h5,7-8,12,16,18H,3-4,6H2,1-2H3;1H,(H,2,3). The summed E-state index contributed by atoms with van der Waals surface area (Å²) in [6.07, 6.45) is 6.95. The molecule has 1 aliphatic rings. The molecule has 2 rings (SSSR count). The van der Waals surface area contributed by atoms with Gasteiger partial charge in [0.15, 0.2) is 5.82 Å². The summed E-state index contributed by atoms with van der Waals surface area (Å²) in [6.45, 7) is 4.54. The Kier molecular flexibility index (Phi) is 8.26. The Balaban J connectivity index is 0.000000745. The molecule has 3 N–H and O–H groups in total. The molecule has 0 saturated heterocycles. The number of nitrogens with one attached hydrogen (secondary N) is 1. The molecule has 0 fully saturated rings. The van der Waals surface area contributed by atoms with E-state index in [9.17, 15) is 5.11 Å². The number of rotatable bonds is 5. The zero-order chi connectivity index (χ0) is 16.5. The largest absolute Gasteiger partial charge is 0.483 e. The molecule has 0 saturated carbocycles. The van der Waals surface area contributed by atoms with Crippen molar-refractivity contribution >= 4 is 35.1 Å². The van der Waals surface area contributed by atoms with Gasteiger partial charge in [-0.05, 0) is 37.4 Å². The number of aromatic nitrogens is 2. The van der Waals surface area contributed by atoms with E-state index < -0.39 is 6.23 Å². The number of hydrogen-bond donors (Lipinski definition) is 3. The molecule has 0 aromatic carbocycles. The number of imidazole rings is 1. The average molecular weight is 346 g/mol. The molecule has 22 heavy (non-hydrogen) atoms. The number of carbonyl (C=O) groups is 1. The predicted molar refractivity (Wildman–Crippen MR) is 89.2 cm³/mol. The van der Waals surface area contributed by atoms with Gasteiger partial charge in [0.1, 0.15) is 6.23 Å². The van der Waals surface area contributed by atoms with Crippen LogP contribution in [0.4, 0.5) is 0 Å². The van der Waals surface area contributed by atoms with Crippen molar-refractivity contribution in [1.82, 2.24) is 14.3 Å². The second-order valence-corrected chi connectivity index (χ2v) is 5.88. The quantitative estimate of drug-likeness (QED) is 0.432. The van der Waals surface area contributed by atoms with Crippen molar-refractivity contribution in [1.29, 1.82) is 0 Å². The SMILES string of the molecule is CCCC(O)NSC1=CCn2c(C)cnc2C(Cl)=C1.O=CO. The number of fused-ring (bicyclic) bond motifs is 1. The van der Waals surface area contributed by atoms with Crippen molar-refractivity contribution in [2.24, 2.45) is 0 Å². The molecule has 0 aliphatic carbocycles. The molecular formula is C14H20ClN3O3S. The second-order valence-electron chi connectivity index (χ2n) is 4.56. The number of allylic oxidation sites excluding steroid dienone is 2. The molecule has 0 radical (unpaired) electrons. The molecule has 0 amide bonds. The molecule has 1 unspecified atom stereocenters. The van der Waals surface area contributed by atoms with E-state index in [0.717, 1.165) is 35.8 Å². The Morgan fingerprint density at radius 1 is 1.64 bits per heavy atom. The van der Waals surface area contributed by atoms with Crippen LogP contribution in [0.3, 0.4) is 0 Å². The fourth-order valence-corrected chi connectivity index (χ4v) is 2.91. The molecule has 0 bridgehead atoms. The summed E-state index contributed by atoms with van der Waals surface area (Å²) in [5.74, 6) is 0.792. The van der Waals surface area contributed by atoms with Gasteiger partial charge in [-0.2, -0.15) is 0 Å². The van der Waals surface area contributed by atoms with E-state index in [1.165, 1.54) is 11.9 Å². The van der Waals surface area contributed by atoms with E-state index in [1.807, 2.05) is 26.1 Å². The minimum Gasteiger partial charge on any atom is -0.483 e. The molecule has 2 heterocycles. The van der Waals surface area contributed by atoms with Gasteiger partial charge in [0.05, 0.1) is 5.03 Å². The molecular weight excluding hydrogens is 326 g/mol. The monoisotopic (exact) mass is 345 g/mol. The van der Waals surface area contributed by atoms with Crippen LogP contribution < -0.4 is 4.72 Å². The average Bonchev–Trinajstić information content (AvgIpc) is 2.75. The fourth-order valence-electron chi connectivity index (χ4n) is 1.85. The van der Waals surface area contributed by atoms with Crippen molar-refractivity contribution < 1.29 is 15.0 Å². The first-order valence-corrected chi connectivity index (χ1v) is 8.01. The molecule has 1 aromatic rings. The van der Waals surface area contributed by atoms with Crippen LogP contribution in [0.1, 0.15) is 31.3 Å². The lowest BCUT2D eigenvalue weighted by Gasteiger charge is -2.10. The maximum absolute atomic E-state index is 9.66. The van der Waals surface area contributed by atoms with Crippen LogP contribution in [0, 0.1) is 6.92 Å². The summed E-state index contributed by atoms with van der Waals surface area (Å²) < 4.78 is 5.07. The number of aliphatic hydroxyl groups excluding tert-OH is 1. The number of aryl methyl sites for hydroxylation is 1. The summed E-state index contributed by atoms with van der Waals surface area (Å²) in [7, 11) is 0. The fraction of sp³-hybridized carbons (Fsp3) is 0.429. The number of nitrogens with zero attached hydrogens (tertiary/aromatic N) is 2. The molecule has 8 heteroatoms. The van der Waals surface area contributed by atoms with Gasteiger partial charge in [-0.25, -0.2) is 9.71 Å². The van der Waals surface area contributed by atoms with Gasteiger partial charge in [0.25, 0.3) is 6.47 Å². The van der Waals surface area contributed by atoms with Gasteiger partial charge in [0, 0.05) is 23.3 Å². The summed E-state index contributed by atoms with van der Waals surface area (Å²) in [5.41, 5.74) is 1.09. The Morgan fingerprint density at radius 3 is 2.95 bits per heavy atom. The van der Waals surface area contributed by atoms with Crippen molar-refractivity contribution in [3.05, 3.63) is 34.8 Å². The zero-order valence-corrected chi connectivity index (χ0v) is 14.1. The Labute approximate surface area is 139 Å². The summed E-state index contributed by atoms with van der Waals surface area (Å²) >= 11 is 7.67. The first kappa shape index (κ1) is 18.8. The topological polar surface area (TPSA) is 87.4 Å². The molecule has 1 aliphatic heterocycles. The number of aliphatic hydroxyl groups is 1. The normalized spacial score (nSPS) is 14.7. The van der Waals surface area contributed by atoms with Crippen molar-refractivity contribution in [3.8, 4) is 0 Å². The highest BCUT2D eigenvalue weighted by Crippen LogP contribution is 2.28. The Hall–Kier alpha value is -1.28. The molecule has 1 atom stereocenters. The highest BCUT2D eigenvalue weighted by molar-refractivity contribution is 8.01. The van der Waals surface area contributed by atoms with Crippen LogP contribution >= 0.6 is 23.5 Å². The first-order chi connectivity index (χ1) is 10.5. The minimum absolute atomic E-state index is 0.250. The van der Waals surface area contributed by atoms with Crippen LogP contribution in [0.5, 0.6) is 0 Å². The highest BCUT2D eigenvalue weighted by atomic mass is 35.5. The van der Waals surface area contributed by atoms with Crippen LogP contribution in [0.15, 0.2) is 23.3 Å². The van der Waals surface area contributed by atoms with E-state index in [1.54, 1.807) is 0 Å². The maximum atomic E-state index is 9.66. The van der Waals surface area contributed by atoms with Crippen LogP contribution in [-0.2, 0) is 11.3 Å².